The van der Waals surface area contributed by atoms with E-state index < -0.39 is 66.5 Å². The van der Waals surface area contributed by atoms with Gasteiger partial charge in [-0.3, -0.25) is 28.9 Å². The minimum absolute atomic E-state index is 0.189. The number of nitrogens with zero attached hydrogens (tertiary/aromatic N) is 1. The number of cyclic esters (lactones) is 1. The fraction of sp³-hybridized carbons (Fsp3) is 0.476. The predicted molar refractivity (Wildman–Crippen MR) is 111 cm³/mol. The van der Waals surface area contributed by atoms with Gasteiger partial charge in [0.2, 0.25) is 24.0 Å². The molecule has 0 aliphatic carbocycles. The average molecular weight is 460 g/mol. The Balaban J connectivity index is 1.57. The van der Waals surface area contributed by atoms with E-state index in [-0.39, 0.29) is 19.3 Å². The maximum absolute atomic E-state index is 13.5. The third-order valence-corrected chi connectivity index (χ3v) is 6.07. The van der Waals surface area contributed by atoms with Crippen molar-refractivity contribution < 1.29 is 38.9 Å². The summed E-state index contributed by atoms with van der Waals surface area (Å²) in [6.07, 6.45) is -1.33. The van der Waals surface area contributed by atoms with Crippen molar-refractivity contribution in [3.63, 3.8) is 0 Å². The summed E-state index contributed by atoms with van der Waals surface area (Å²) in [4.78, 5) is 62.5. The van der Waals surface area contributed by atoms with Gasteiger partial charge in [0.1, 0.15) is 18.1 Å². The third-order valence-electron chi connectivity index (χ3n) is 6.07. The molecule has 0 aromatic heterocycles. The van der Waals surface area contributed by atoms with Crippen LogP contribution in [0.4, 0.5) is 5.69 Å². The van der Waals surface area contributed by atoms with E-state index in [2.05, 4.69) is 15.4 Å². The maximum Gasteiger partial charge on any atom is 0.310 e. The molecule has 3 aliphatic rings. The zero-order chi connectivity index (χ0) is 23.9. The number of carboxylic acids is 1. The van der Waals surface area contributed by atoms with Gasteiger partial charge in [-0.25, -0.2) is 0 Å². The number of aliphatic carboxylic acids is 1. The Bertz CT molecular complexity index is 1030. The van der Waals surface area contributed by atoms with Crippen molar-refractivity contribution >= 4 is 35.3 Å². The highest BCUT2D eigenvalue weighted by molar-refractivity contribution is 6.08. The Kier molecular flexibility index (Phi) is 6.04. The number of amides is 3. The largest absolute Gasteiger partial charge is 0.481 e. The van der Waals surface area contributed by atoms with Crippen LogP contribution >= 0.6 is 0 Å². The summed E-state index contributed by atoms with van der Waals surface area (Å²) in [5.74, 6) is -3.74. The normalized spacial score (nSPS) is 26.8. The fourth-order valence-corrected chi connectivity index (χ4v) is 4.48. The Labute approximate surface area is 188 Å². The van der Waals surface area contributed by atoms with Crippen LogP contribution in [-0.4, -0.2) is 70.3 Å². The maximum atomic E-state index is 13.5. The molecule has 176 valence electrons. The third kappa shape index (κ3) is 4.39. The van der Waals surface area contributed by atoms with E-state index in [1.54, 1.807) is 0 Å². The van der Waals surface area contributed by atoms with Crippen LogP contribution in [0.15, 0.2) is 18.2 Å². The number of ether oxygens (including phenoxy) is 1. The summed E-state index contributed by atoms with van der Waals surface area (Å²) in [7, 11) is 0. The van der Waals surface area contributed by atoms with Gasteiger partial charge in [-0.05, 0) is 24.0 Å². The number of nitrogens with two attached hydrogens (primary N) is 1. The van der Waals surface area contributed by atoms with Crippen molar-refractivity contribution in [2.75, 3.05) is 4.90 Å². The van der Waals surface area contributed by atoms with Gasteiger partial charge < -0.3 is 31.3 Å². The second-order valence-corrected chi connectivity index (χ2v) is 8.36. The molecule has 1 unspecified atom stereocenters. The monoisotopic (exact) mass is 460 g/mol. The minimum atomic E-state index is -1.47. The molecule has 1 saturated heterocycles. The molecule has 12 nitrogen and oxygen atoms in total. The molecule has 1 aromatic rings. The molecule has 5 atom stereocenters. The molecular weight excluding hydrogens is 436 g/mol. The molecule has 0 saturated carbocycles. The van der Waals surface area contributed by atoms with Gasteiger partial charge in [-0.15, -0.1) is 0 Å². The van der Waals surface area contributed by atoms with Crippen LogP contribution in [0.25, 0.3) is 0 Å². The van der Waals surface area contributed by atoms with Crippen LogP contribution in [0, 0.1) is 0 Å². The number of aliphatic hydroxyl groups is 1. The minimum Gasteiger partial charge on any atom is -0.481 e. The highest BCUT2D eigenvalue weighted by atomic mass is 16.6. The Morgan fingerprint density at radius 3 is 2.58 bits per heavy atom. The Morgan fingerprint density at radius 1 is 1.18 bits per heavy atom. The lowest BCUT2D eigenvalue weighted by atomic mass is 10.0. The number of hydrogen-bond acceptors (Lipinski definition) is 8. The predicted octanol–water partition coefficient (Wildman–Crippen LogP) is -2.07. The van der Waals surface area contributed by atoms with Crippen molar-refractivity contribution in [1.29, 1.82) is 0 Å². The fourth-order valence-electron chi connectivity index (χ4n) is 4.48. The lowest BCUT2D eigenvalue weighted by molar-refractivity contribution is -0.155. The van der Waals surface area contributed by atoms with Gasteiger partial charge in [-0.1, -0.05) is 18.2 Å². The molecule has 0 spiro atoms. The van der Waals surface area contributed by atoms with Gasteiger partial charge in [0, 0.05) is 6.42 Å². The highest BCUT2D eigenvalue weighted by Crippen LogP contribution is 2.39. The number of aliphatic hydroxyl groups excluding tert-OH is 1. The highest BCUT2D eigenvalue weighted by Gasteiger charge is 2.45. The number of hydrogen-bond donors (Lipinski definition) is 5. The van der Waals surface area contributed by atoms with E-state index in [9.17, 15) is 29.1 Å². The lowest BCUT2D eigenvalue weighted by Crippen LogP contribution is -2.57. The van der Waals surface area contributed by atoms with Gasteiger partial charge in [0.05, 0.1) is 24.6 Å². The quantitative estimate of drug-likeness (QED) is 0.297. The average Bonchev–Trinajstić information content (AvgIpc) is 3.25. The number of anilines is 1. The molecule has 33 heavy (non-hydrogen) atoms. The molecule has 12 heteroatoms. The first-order valence-electron chi connectivity index (χ1n) is 10.5. The Hall–Kier alpha value is -3.51. The van der Waals surface area contributed by atoms with Crippen LogP contribution in [0.1, 0.15) is 30.4 Å². The van der Waals surface area contributed by atoms with E-state index in [0.29, 0.717) is 12.1 Å². The van der Waals surface area contributed by atoms with Crippen LogP contribution < -0.4 is 21.3 Å². The smallest absolute Gasteiger partial charge is 0.310 e. The number of rotatable bonds is 6. The summed E-state index contributed by atoms with van der Waals surface area (Å²) in [5.41, 5.74) is 7.85. The number of esters is 1. The molecule has 1 fully saturated rings. The SMILES string of the molecule is N[C@@H](CC(=O)O)C(=O)N[C@H]1CCc2cccc3c2N(C1=O)[C@H](C(=O)N[C@H]1CC(=O)OC1O)C3. The molecule has 0 bridgehead atoms. The zero-order valence-electron chi connectivity index (χ0n) is 17.5. The summed E-state index contributed by atoms with van der Waals surface area (Å²) in [6.45, 7) is 0. The first kappa shape index (κ1) is 22.7. The van der Waals surface area contributed by atoms with E-state index in [1.807, 2.05) is 18.2 Å². The van der Waals surface area contributed by atoms with Crippen molar-refractivity contribution in [3.8, 4) is 0 Å². The number of carboxylic acid groups (broad SMARTS) is 1. The van der Waals surface area contributed by atoms with Gasteiger partial charge in [0.25, 0.3) is 0 Å². The van der Waals surface area contributed by atoms with Crippen LogP contribution in [-0.2, 0) is 41.6 Å². The summed E-state index contributed by atoms with van der Waals surface area (Å²) in [6, 6.07) is 1.26. The second kappa shape index (κ2) is 8.79. The number of nitrogens with one attached hydrogen (secondary N) is 2. The van der Waals surface area contributed by atoms with Crippen LogP contribution in [0.2, 0.25) is 0 Å². The number of carbonyl (C=O) groups is 5. The standard InChI is InChI=1S/C21H24N4O8/c22-11(7-15(26)27)18(29)23-12-5-4-9-2-1-3-10-6-14(25(17(9)10)20(12)31)19(30)24-13-8-16(28)33-21(13)32/h1-3,11-14,21,32H,4-8,22H2,(H,23,29)(H,24,30)(H,26,27)/t11-,12-,13-,14-,21?/m0/s1. The lowest BCUT2D eigenvalue weighted by Gasteiger charge is -2.29. The van der Waals surface area contributed by atoms with Crippen LogP contribution in [0.5, 0.6) is 0 Å². The first-order chi connectivity index (χ1) is 15.7. The number of carbonyl (C=O) groups excluding carboxylic acids is 4. The molecule has 3 amide bonds. The Morgan fingerprint density at radius 2 is 1.91 bits per heavy atom. The first-order valence-corrected chi connectivity index (χ1v) is 10.5. The topological polar surface area (TPSA) is 188 Å². The van der Waals surface area contributed by atoms with E-state index in [0.717, 1.165) is 11.1 Å². The van der Waals surface area contributed by atoms with Gasteiger partial charge in [0.15, 0.2) is 0 Å². The molecular formula is C21H24N4O8. The molecule has 0 radical (unpaired) electrons. The van der Waals surface area contributed by atoms with E-state index >= 15 is 0 Å². The van der Waals surface area contributed by atoms with Crippen molar-refractivity contribution in [1.82, 2.24) is 10.6 Å². The zero-order valence-corrected chi connectivity index (χ0v) is 17.5. The molecule has 3 aliphatic heterocycles. The number of aryl methyl sites for hydroxylation is 1. The summed E-state index contributed by atoms with van der Waals surface area (Å²) in [5, 5.41) is 23.8. The molecule has 6 N–H and O–H groups in total. The summed E-state index contributed by atoms with van der Waals surface area (Å²) < 4.78 is 4.65. The number of para-hydroxylation sites is 1. The van der Waals surface area contributed by atoms with Gasteiger partial charge >= 0.3 is 11.9 Å². The molecule has 1 aromatic carbocycles. The molecule has 4 rings (SSSR count). The van der Waals surface area contributed by atoms with Crippen LogP contribution in [0.3, 0.4) is 0 Å². The molecule has 3 heterocycles. The summed E-state index contributed by atoms with van der Waals surface area (Å²) >= 11 is 0. The van der Waals surface area contributed by atoms with E-state index in [1.165, 1.54) is 4.90 Å². The van der Waals surface area contributed by atoms with Gasteiger partial charge in [-0.2, -0.15) is 0 Å². The van der Waals surface area contributed by atoms with Crippen molar-refractivity contribution in [3.05, 3.63) is 29.3 Å². The number of benzene rings is 1. The second-order valence-electron chi connectivity index (χ2n) is 8.36. The van der Waals surface area contributed by atoms with Crippen molar-refractivity contribution in [2.45, 2.75) is 62.6 Å². The van der Waals surface area contributed by atoms with E-state index in [4.69, 9.17) is 10.8 Å². The van der Waals surface area contributed by atoms with Crippen molar-refractivity contribution in [2.24, 2.45) is 5.73 Å².